The van der Waals surface area contributed by atoms with Gasteiger partial charge in [-0.05, 0) is 48.5 Å². The van der Waals surface area contributed by atoms with Gasteiger partial charge in [0.1, 0.15) is 0 Å². The highest BCUT2D eigenvalue weighted by Crippen LogP contribution is 2.29. The molecule has 0 aliphatic rings. The van der Waals surface area contributed by atoms with Crippen molar-refractivity contribution in [3.05, 3.63) is 111 Å². The minimum atomic E-state index is -1.02. The molecule has 0 fully saturated rings. The van der Waals surface area contributed by atoms with Crippen molar-refractivity contribution in [3.8, 4) is 22.8 Å². The zero-order valence-corrected chi connectivity index (χ0v) is 20.9. The number of hydrogen-bond donors (Lipinski definition) is 2. The molecule has 9 nitrogen and oxygen atoms in total. The van der Waals surface area contributed by atoms with Crippen LogP contribution in [0, 0.1) is 0 Å². The van der Waals surface area contributed by atoms with Gasteiger partial charge in [0.2, 0.25) is 5.88 Å². The number of H-pyrrole nitrogens is 1. The van der Waals surface area contributed by atoms with Crippen LogP contribution < -0.4 is 15.5 Å². The van der Waals surface area contributed by atoms with Crippen molar-refractivity contribution in [2.75, 3.05) is 7.11 Å². The largest absolute Gasteiger partial charge is 0.514 e. The second-order valence-electron chi connectivity index (χ2n) is 8.22. The van der Waals surface area contributed by atoms with Crippen LogP contribution in [0.1, 0.15) is 15.9 Å². The van der Waals surface area contributed by atoms with E-state index in [2.05, 4.69) is 15.5 Å². The minimum absolute atomic E-state index is 0.0653. The predicted octanol–water partition coefficient (Wildman–Crippen LogP) is 5.11. The third-order valence-corrected chi connectivity index (χ3v) is 6.15. The number of ether oxygens (including phenoxy) is 2. The maximum Gasteiger partial charge on any atom is 0.514 e. The summed E-state index contributed by atoms with van der Waals surface area (Å²) < 4.78 is 11.8. The van der Waals surface area contributed by atoms with Crippen LogP contribution in [0.5, 0.6) is 5.88 Å². The van der Waals surface area contributed by atoms with Crippen LogP contribution in [0.2, 0.25) is 5.02 Å². The van der Waals surface area contributed by atoms with E-state index in [4.69, 9.17) is 21.1 Å². The lowest BCUT2D eigenvalue weighted by molar-refractivity contribution is 0.0950. The highest BCUT2D eigenvalue weighted by atomic mass is 35.5. The number of fused-ring (bicyclic) bond motifs is 1. The van der Waals surface area contributed by atoms with E-state index in [1.165, 1.54) is 7.11 Å². The van der Waals surface area contributed by atoms with Gasteiger partial charge in [-0.1, -0.05) is 41.9 Å². The summed E-state index contributed by atoms with van der Waals surface area (Å²) >= 11 is 6.26. The number of nitrogens with one attached hydrogen (secondary N) is 2. The Morgan fingerprint density at radius 2 is 1.79 bits per heavy atom. The third-order valence-electron chi connectivity index (χ3n) is 5.91. The van der Waals surface area contributed by atoms with E-state index in [9.17, 15) is 14.4 Å². The smallest absolute Gasteiger partial charge is 0.437 e. The average Bonchev–Trinajstić information content (AvgIpc) is 3.48. The van der Waals surface area contributed by atoms with Gasteiger partial charge in [-0.3, -0.25) is 19.3 Å². The molecule has 5 rings (SSSR count). The number of hydrogen-bond acceptors (Lipinski definition) is 6. The molecule has 0 aliphatic carbocycles. The number of pyridine rings is 1. The Morgan fingerprint density at radius 3 is 2.47 bits per heavy atom. The van der Waals surface area contributed by atoms with E-state index in [0.717, 1.165) is 11.3 Å². The van der Waals surface area contributed by atoms with Crippen LogP contribution in [-0.2, 0) is 11.3 Å². The molecule has 190 valence electrons. The van der Waals surface area contributed by atoms with Gasteiger partial charge in [0.05, 0.1) is 30.4 Å². The maximum atomic E-state index is 13.6. The average molecular weight is 529 g/mol. The van der Waals surface area contributed by atoms with Gasteiger partial charge in [0, 0.05) is 33.4 Å². The van der Waals surface area contributed by atoms with Crippen molar-refractivity contribution >= 4 is 34.6 Å². The molecule has 0 unspecified atom stereocenters. The molecule has 0 saturated heterocycles. The molecular formula is C28H21ClN4O5. The monoisotopic (exact) mass is 528 g/mol. The quantitative estimate of drug-likeness (QED) is 0.296. The number of methoxy groups -OCH3 is 1. The fourth-order valence-corrected chi connectivity index (χ4v) is 4.25. The molecular weight excluding hydrogens is 508 g/mol. The first kappa shape index (κ1) is 24.8. The molecule has 0 bridgehead atoms. The van der Waals surface area contributed by atoms with Gasteiger partial charge in [0.15, 0.2) is 5.43 Å². The number of carbonyl (C=O) groups excluding carboxylic acids is 2. The van der Waals surface area contributed by atoms with E-state index in [-0.39, 0.29) is 18.0 Å². The number of benzene rings is 3. The zero-order chi connectivity index (χ0) is 26.6. The molecule has 1 amide bonds. The summed E-state index contributed by atoms with van der Waals surface area (Å²) in [5.41, 5.74) is 2.66. The van der Waals surface area contributed by atoms with Crippen molar-refractivity contribution in [2.45, 2.75) is 6.54 Å². The molecule has 0 atom stereocenters. The number of halogens is 1. The lowest BCUT2D eigenvalue weighted by Crippen LogP contribution is -2.29. The summed E-state index contributed by atoms with van der Waals surface area (Å²) in [6.07, 6.45) is 0.695. The summed E-state index contributed by atoms with van der Waals surface area (Å²) in [4.78, 5) is 38.8. The number of aromatic amines is 1. The fraction of sp³-hybridized carbons (Fsp3) is 0.0714. The maximum absolute atomic E-state index is 13.6. The van der Waals surface area contributed by atoms with Crippen molar-refractivity contribution < 1.29 is 19.1 Å². The molecule has 5 aromatic rings. The molecule has 38 heavy (non-hydrogen) atoms. The van der Waals surface area contributed by atoms with Crippen LogP contribution in [0.3, 0.4) is 0 Å². The van der Waals surface area contributed by atoms with Gasteiger partial charge in [0.25, 0.3) is 5.91 Å². The summed E-state index contributed by atoms with van der Waals surface area (Å²) in [5, 5.41) is 10.4. The number of nitrogens with zero attached hydrogens (tertiary/aromatic N) is 2. The van der Waals surface area contributed by atoms with Gasteiger partial charge >= 0.3 is 6.16 Å². The van der Waals surface area contributed by atoms with Gasteiger partial charge in [-0.25, -0.2) is 4.79 Å². The van der Waals surface area contributed by atoms with Crippen LogP contribution in [-0.4, -0.2) is 33.9 Å². The number of amides is 1. The Kier molecular flexibility index (Phi) is 6.92. The van der Waals surface area contributed by atoms with Crippen molar-refractivity contribution in [3.63, 3.8) is 0 Å². The highest BCUT2D eigenvalue weighted by Gasteiger charge is 2.23. The van der Waals surface area contributed by atoms with Crippen LogP contribution in [0.25, 0.3) is 27.8 Å². The van der Waals surface area contributed by atoms with E-state index >= 15 is 0 Å². The topological polar surface area (TPSA) is 115 Å². The van der Waals surface area contributed by atoms with Crippen molar-refractivity contribution in [1.29, 1.82) is 0 Å². The SMILES string of the molecule is COC(=O)Oc1c(CNC(=O)c2ccc(-c3cc[nH]n3)cc2)c(=O)c2ccc(Cl)cc2n1-c1ccccc1. The summed E-state index contributed by atoms with van der Waals surface area (Å²) in [6.45, 7) is -0.212. The third kappa shape index (κ3) is 4.87. The van der Waals surface area contributed by atoms with Crippen LogP contribution in [0.4, 0.5) is 4.79 Å². The summed E-state index contributed by atoms with van der Waals surface area (Å²) in [7, 11) is 1.17. The van der Waals surface area contributed by atoms with E-state index in [0.29, 0.717) is 27.2 Å². The highest BCUT2D eigenvalue weighted by molar-refractivity contribution is 6.31. The Bertz CT molecular complexity index is 1680. The first-order valence-electron chi connectivity index (χ1n) is 11.5. The predicted molar refractivity (Wildman–Crippen MR) is 143 cm³/mol. The lowest BCUT2D eigenvalue weighted by Gasteiger charge is -2.20. The molecule has 2 N–H and O–H groups in total. The number of aromatic nitrogens is 3. The molecule has 3 aromatic carbocycles. The molecule has 2 aromatic heterocycles. The van der Waals surface area contributed by atoms with Crippen LogP contribution >= 0.6 is 11.6 Å². The second-order valence-corrected chi connectivity index (χ2v) is 8.66. The first-order chi connectivity index (χ1) is 18.5. The van der Waals surface area contributed by atoms with Crippen molar-refractivity contribution in [2.24, 2.45) is 0 Å². The van der Waals surface area contributed by atoms with E-state index < -0.39 is 17.5 Å². The second kappa shape index (κ2) is 10.6. The Morgan fingerprint density at radius 1 is 1.03 bits per heavy atom. The van der Waals surface area contributed by atoms with Crippen LogP contribution in [0.15, 0.2) is 89.9 Å². The Labute approximate surface area is 221 Å². The summed E-state index contributed by atoms with van der Waals surface area (Å²) in [6, 6.07) is 22.5. The lowest BCUT2D eigenvalue weighted by atomic mass is 10.1. The number of carbonyl (C=O) groups is 2. The normalized spacial score (nSPS) is 10.8. The number of rotatable bonds is 6. The summed E-state index contributed by atoms with van der Waals surface area (Å²) in [5.74, 6) is -0.499. The Balaban J connectivity index is 1.57. The number of para-hydroxylation sites is 1. The molecule has 0 radical (unpaired) electrons. The zero-order valence-electron chi connectivity index (χ0n) is 20.1. The first-order valence-corrected chi connectivity index (χ1v) is 11.9. The molecule has 0 saturated carbocycles. The molecule has 0 aliphatic heterocycles. The van der Waals surface area contributed by atoms with Gasteiger partial charge in [-0.2, -0.15) is 5.10 Å². The van der Waals surface area contributed by atoms with Gasteiger partial charge < -0.3 is 14.8 Å². The van der Waals surface area contributed by atoms with Crippen molar-refractivity contribution in [1.82, 2.24) is 20.1 Å². The van der Waals surface area contributed by atoms with E-state index in [1.807, 2.05) is 12.1 Å². The van der Waals surface area contributed by atoms with Gasteiger partial charge in [-0.15, -0.1) is 0 Å². The minimum Gasteiger partial charge on any atom is -0.437 e. The standard InChI is InChI=1S/C28H21ClN4O5/c1-37-28(36)38-27-22(16-30-26(35)18-9-7-17(8-10-18)23-13-14-31-32-23)25(34)21-12-11-19(29)15-24(21)33(27)20-5-3-2-4-6-20/h2-15H,16H2,1H3,(H,30,35)(H,31,32). The molecule has 2 heterocycles. The molecule has 0 spiro atoms. The van der Waals surface area contributed by atoms with E-state index in [1.54, 1.807) is 77.5 Å². The fourth-order valence-electron chi connectivity index (χ4n) is 4.09. The Hall–Kier alpha value is -4.89. The molecule has 10 heteroatoms.